The van der Waals surface area contributed by atoms with Gasteiger partial charge in [-0.05, 0) is 12.3 Å². The van der Waals surface area contributed by atoms with E-state index < -0.39 is 94.0 Å². The highest BCUT2D eigenvalue weighted by Crippen LogP contribution is 2.84. The number of fused-ring (bicyclic) bond motifs is 1. The highest BCUT2D eigenvalue weighted by molar-refractivity contribution is 5.94. The van der Waals surface area contributed by atoms with Crippen molar-refractivity contribution in [3.8, 4) is 0 Å². The lowest BCUT2D eigenvalue weighted by Gasteiger charge is -2.48. The van der Waals surface area contributed by atoms with Gasteiger partial charge in [-0.3, -0.25) is 4.79 Å². The largest absolute Gasteiger partial charge is 0.456 e. The van der Waals surface area contributed by atoms with E-state index in [1.54, 1.807) is 0 Å². The Morgan fingerprint density at radius 2 is 1.64 bits per heavy atom. The number of methoxy groups -OCH3 is 1. The van der Waals surface area contributed by atoms with E-state index in [-0.39, 0.29) is 7.43 Å². The summed E-state index contributed by atoms with van der Waals surface area (Å²) in [5.41, 5.74) is -8.83. The van der Waals surface area contributed by atoms with Gasteiger partial charge in [-0.15, -0.1) is 0 Å². The zero-order valence-electron chi connectivity index (χ0n) is 18.2. The Bertz CT molecular complexity index is 974. The molecule has 2 spiro atoms. The zero-order valence-corrected chi connectivity index (χ0v) is 18.2. The number of hydrogen-bond acceptors (Lipinski definition) is 11. The van der Waals surface area contributed by atoms with Gasteiger partial charge in [0.25, 0.3) is 0 Å². The van der Waals surface area contributed by atoms with Gasteiger partial charge in [0.2, 0.25) is 11.9 Å². The van der Waals surface area contributed by atoms with E-state index in [0.29, 0.717) is 0 Å². The summed E-state index contributed by atoms with van der Waals surface area (Å²) < 4.78 is 28.3. The molecule has 4 saturated heterocycles. The van der Waals surface area contributed by atoms with Crippen LogP contribution >= 0.6 is 0 Å². The smallest absolute Gasteiger partial charge is 0.343 e. The molecule has 12 atom stereocenters. The molecule has 4 aliphatic heterocycles. The lowest BCUT2D eigenvalue weighted by atomic mass is 9.51. The molecule has 2 aliphatic carbocycles. The number of carbonyl (C=O) groups is 3. The van der Waals surface area contributed by atoms with E-state index in [2.05, 4.69) is 0 Å². The van der Waals surface area contributed by atoms with Gasteiger partial charge >= 0.3 is 17.9 Å². The Morgan fingerprint density at radius 1 is 1.00 bits per heavy atom. The minimum Gasteiger partial charge on any atom is -0.456 e. The third-order valence-electron chi connectivity index (χ3n) is 9.16. The lowest BCUT2D eigenvalue weighted by molar-refractivity contribution is -0.240. The fraction of sp³-hybridized carbons (Fsp3) is 0.864. The van der Waals surface area contributed by atoms with Crippen LogP contribution in [0, 0.1) is 28.1 Å². The number of carbonyl (C=O) groups excluding carboxylic acids is 3. The molecular formula is C22H30O11. The molecule has 2 saturated carbocycles. The number of esters is 3. The molecule has 0 radical (unpaired) electrons. The number of rotatable bonds is 1. The first-order chi connectivity index (χ1) is 14.8. The Labute approximate surface area is 190 Å². The van der Waals surface area contributed by atoms with Crippen LogP contribution in [-0.4, -0.2) is 88.3 Å². The molecule has 11 heteroatoms. The average Bonchev–Trinajstić information content (AvgIpc) is 3.38. The number of aliphatic hydroxyl groups is 3. The zero-order chi connectivity index (χ0) is 23.4. The molecule has 4 unspecified atom stereocenters. The van der Waals surface area contributed by atoms with Crippen molar-refractivity contribution in [2.45, 2.75) is 83.1 Å². The van der Waals surface area contributed by atoms with Crippen molar-refractivity contribution in [3.05, 3.63) is 0 Å². The summed E-state index contributed by atoms with van der Waals surface area (Å²) in [6, 6.07) is 0. The van der Waals surface area contributed by atoms with Gasteiger partial charge in [-0.2, -0.15) is 0 Å². The minimum atomic E-state index is -2.32. The van der Waals surface area contributed by atoms with E-state index in [9.17, 15) is 29.7 Å². The van der Waals surface area contributed by atoms with Gasteiger partial charge in [0.05, 0.1) is 22.9 Å². The normalized spacial score (nSPS) is 57.6. The minimum absolute atomic E-state index is 0. The first kappa shape index (κ1) is 23.0. The van der Waals surface area contributed by atoms with Crippen molar-refractivity contribution >= 4 is 17.9 Å². The number of aliphatic hydroxyl groups excluding tert-OH is 2. The predicted molar refractivity (Wildman–Crippen MR) is 105 cm³/mol. The van der Waals surface area contributed by atoms with Crippen LogP contribution < -0.4 is 0 Å². The summed E-state index contributed by atoms with van der Waals surface area (Å²) in [6.07, 6.45) is -8.71. The Morgan fingerprint density at radius 3 is 2.21 bits per heavy atom. The second-order valence-electron chi connectivity index (χ2n) is 11.0. The molecule has 6 aliphatic rings. The first-order valence-electron chi connectivity index (χ1n) is 10.7. The summed E-state index contributed by atoms with van der Waals surface area (Å²) >= 11 is 0. The molecule has 6 fully saturated rings. The fourth-order valence-electron chi connectivity index (χ4n) is 8.53. The molecule has 0 amide bonds. The van der Waals surface area contributed by atoms with Crippen molar-refractivity contribution in [1.29, 1.82) is 0 Å². The summed E-state index contributed by atoms with van der Waals surface area (Å²) in [7, 11) is 1.29. The summed E-state index contributed by atoms with van der Waals surface area (Å²) in [5, 5.41) is 35.3. The highest BCUT2D eigenvalue weighted by atomic mass is 16.8. The summed E-state index contributed by atoms with van der Waals surface area (Å²) in [6.45, 7) is 6.88. The van der Waals surface area contributed by atoms with Crippen molar-refractivity contribution < 1.29 is 53.4 Å². The van der Waals surface area contributed by atoms with Crippen LogP contribution in [0.3, 0.4) is 0 Å². The maximum atomic E-state index is 13.5. The van der Waals surface area contributed by atoms with E-state index in [1.807, 2.05) is 20.8 Å². The first-order valence-corrected chi connectivity index (χ1v) is 10.7. The third-order valence-corrected chi connectivity index (χ3v) is 9.16. The molecule has 0 aromatic carbocycles. The van der Waals surface area contributed by atoms with Crippen LogP contribution in [0.15, 0.2) is 0 Å². The van der Waals surface area contributed by atoms with Crippen molar-refractivity contribution in [3.63, 3.8) is 0 Å². The summed E-state index contributed by atoms with van der Waals surface area (Å²) in [5.74, 6) is -4.70. The topological polar surface area (TPSA) is 158 Å². The predicted octanol–water partition coefficient (Wildman–Crippen LogP) is -1.11. The average molecular weight is 470 g/mol. The van der Waals surface area contributed by atoms with E-state index in [1.165, 1.54) is 14.0 Å². The molecular weight excluding hydrogens is 440 g/mol. The second kappa shape index (κ2) is 5.88. The summed E-state index contributed by atoms with van der Waals surface area (Å²) in [4.78, 5) is 38.9. The molecule has 0 bridgehead atoms. The Hall–Kier alpha value is -1.79. The molecule has 0 aromatic rings. The molecule has 33 heavy (non-hydrogen) atoms. The van der Waals surface area contributed by atoms with Crippen LogP contribution in [0.1, 0.15) is 35.1 Å². The van der Waals surface area contributed by atoms with Crippen LogP contribution in [-0.2, 0) is 38.1 Å². The molecule has 3 N–H and O–H groups in total. The number of ether oxygens (including phenoxy) is 5. The van der Waals surface area contributed by atoms with Crippen molar-refractivity contribution in [1.82, 2.24) is 0 Å². The van der Waals surface area contributed by atoms with Gasteiger partial charge < -0.3 is 39.0 Å². The highest BCUT2D eigenvalue weighted by Gasteiger charge is 3.05. The van der Waals surface area contributed by atoms with E-state index >= 15 is 0 Å². The molecule has 6 rings (SSSR count). The molecule has 4 heterocycles. The van der Waals surface area contributed by atoms with Crippen molar-refractivity contribution in [2.75, 3.05) is 7.11 Å². The SMILES string of the molecule is C.CO[C@H]1C(=O)O[C@H]2O[C@]34C(=O)OC5[C@H](O)[C@@H](C(C)(C)C)C21C53[C@@H](O)C1OC(=O)[C@@H](C)[C@@]14O. The third kappa shape index (κ3) is 1.72. The van der Waals surface area contributed by atoms with Crippen LogP contribution in [0.2, 0.25) is 0 Å². The lowest BCUT2D eigenvalue weighted by Crippen LogP contribution is -2.67. The molecule has 11 nitrogen and oxygen atoms in total. The van der Waals surface area contributed by atoms with Crippen molar-refractivity contribution in [2.24, 2.45) is 28.1 Å². The van der Waals surface area contributed by atoms with E-state index in [0.717, 1.165) is 0 Å². The standard InChI is InChI=1S/C21H26O11.CH4/c1-6-13(24)29-11-9(23)19-10-7(22)8(17(2,3)4)18(19)12(28-5)14(25)31-16(18)32-21(19,15(26)30-10)20(6,11)27;/h6-12,16,22-23,27H,1-5H3;1H4/t6-,7-,8+,9+,10?,11?,12+,16+,18?,19?,20-,21-;/m1./s1. The van der Waals surface area contributed by atoms with Gasteiger partial charge in [0, 0.05) is 13.0 Å². The quantitative estimate of drug-likeness (QED) is 0.315. The maximum Gasteiger partial charge on any atom is 0.343 e. The fourth-order valence-corrected chi connectivity index (χ4v) is 8.53. The maximum absolute atomic E-state index is 13.5. The number of hydrogen-bond donors (Lipinski definition) is 3. The van der Waals surface area contributed by atoms with Gasteiger partial charge in [0.15, 0.2) is 17.8 Å². The Kier molecular flexibility index (Phi) is 4.09. The second-order valence-corrected chi connectivity index (χ2v) is 11.0. The Balaban J connectivity index is 0.00000228. The van der Waals surface area contributed by atoms with Gasteiger partial charge in [0.1, 0.15) is 12.2 Å². The molecule has 184 valence electrons. The van der Waals surface area contributed by atoms with Gasteiger partial charge in [-0.1, -0.05) is 28.2 Å². The van der Waals surface area contributed by atoms with Crippen LogP contribution in [0.4, 0.5) is 0 Å². The monoisotopic (exact) mass is 470 g/mol. The van der Waals surface area contributed by atoms with Crippen LogP contribution in [0.25, 0.3) is 0 Å². The van der Waals surface area contributed by atoms with Gasteiger partial charge in [-0.25, -0.2) is 9.59 Å². The van der Waals surface area contributed by atoms with Crippen LogP contribution in [0.5, 0.6) is 0 Å². The van der Waals surface area contributed by atoms with E-state index in [4.69, 9.17) is 23.7 Å². The molecule has 0 aromatic heterocycles.